The van der Waals surface area contributed by atoms with Gasteiger partial charge in [-0.05, 0) is 32.1 Å². The largest absolute Gasteiger partial charge is 0.481 e. The Morgan fingerprint density at radius 1 is 1.38 bits per heavy atom. The number of carbonyl (C=O) groups excluding carboxylic acids is 1. The molecule has 2 N–H and O–H groups in total. The predicted molar refractivity (Wildman–Crippen MR) is 55.9 cm³/mol. The molecule has 0 aromatic carbocycles. The first kappa shape index (κ1) is 11.4. The van der Waals surface area contributed by atoms with Crippen molar-refractivity contribution in [1.29, 1.82) is 0 Å². The van der Waals surface area contributed by atoms with Crippen LogP contribution in [-0.2, 0) is 14.3 Å². The molecule has 90 valence electrons. The van der Waals surface area contributed by atoms with Gasteiger partial charge in [0.15, 0.2) is 0 Å². The maximum absolute atomic E-state index is 11.7. The number of carbonyl (C=O) groups is 2. The van der Waals surface area contributed by atoms with Crippen LogP contribution in [0.25, 0.3) is 0 Å². The van der Waals surface area contributed by atoms with E-state index in [2.05, 4.69) is 5.32 Å². The normalized spacial score (nSPS) is 27.1. The second-order valence-electron chi connectivity index (χ2n) is 4.66. The van der Waals surface area contributed by atoms with Crippen LogP contribution in [0.2, 0.25) is 0 Å². The minimum Gasteiger partial charge on any atom is -0.481 e. The molecule has 2 fully saturated rings. The maximum Gasteiger partial charge on any atom is 0.311 e. The fraction of sp³-hybridized carbons (Fsp3) is 0.818. The van der Waals surface area contributed by atoms with Crippen LogP contribution in [0, 0.1) is 5.41 Å². The molecule has 0 aromatic rings. The summed E-state index contributed by atoms with van der Waals surface area (Å²) in [4.78, 5) is 22.6. The molecule has 5 nitrogen and oxygen atoms in total. The number of hydrogen-bond donors (Lipinski definition) is 2. The summed E-state index contributed by atoms with van der Waals surface area (Å²) in [6, 6.07) is 0. The zero-order chi connectivity index (χ0) is 11.6. The molecule has 0 aromatic heterocycles. The first-order valence-electron chi connectivity index (χ1n) is 5.77. The van der Waals surface area contributed by atoms with Crippen LogP contribution < -0.4 is 5.32 Å². The SMILES string of the molecule is O=C(NCC1(C(=O)O)CC1)C1CCCCO1. The lowest BCUT2D eigenvalue weighted by molar-refractivity contribution is -0.144. The molecule has 1 unspecified atom stereocenters. The van der Waals surface area contributed by atoms with Crippen molar-refractivity contribution in [2.45, 2.75) is 38.2 Å². The number of aliphatic carboxylic acids is 1. The van der Waals surface area contributed by atoms with E-state index in [1.165, 1.54) is 0 Å². The molecule has 1 amide bonds. The van der Waals surface area contributed by atoms with E-state index in [0.29, 0.717) is 19.4 Å². The highest BCUT2D eigenvalue weighted by molar-refractivity contribution is 5.83. The summed E-state index contributed by atoms with van der Waals surface area (Å²) in [5.41, 5.74) is -0.690. The number of carboxylic acid groups (broad SMARTS) is 1. The molecule has 2 aliphatic rings. The number of hydrogen-bond acceptors (Lipinski definition) is 3. The first-order chi connectivity index (χ1) is 7.64. The zero-order valence-electron chi connectivity index (χ0n) is 9.20. The van der Waals surface area contributed by atoms with Crippen molar-refractivity contribution in [3.63, 3.8) is 0 Å². The van der Waals surface area contributed by atoms with E-state index < -0.39 is 11.4 Å². The summed E-state index contributed by atoms with van der Waals surface area (Å²) in [5.74, 6) is -0.968. The molecular weight excluding hydrogens is 210 g/mol. The van der Waals surface area contributed by atoms with Crippen LogP contribution in [-0.4, -0.2) is 36.2 Å². The van der Waals surface area contributed by atoms with Crippen molar-refractivity contribution in [3.05, 3.63) is 0 Å². The van der Waals surface area contributed by atoms with Crippen molar-refractivity contribution in [2.24, 2.45) is 5.41 Å². The summed E-state index contributed by atoms with van der Waals surface area (Å²) >= 11 is 0. The van der Waals surface area contributed by atoms with Gasteiger partial charge in [-0.3, -0.25) is 9.59 Å². The highest BCUT2D eigenvalue weighted by Crippen LogP contribution is 2.45. The fourth-order valence-corrected chi connectivity index (χ4v) is 1.93. The van der Waals surface area contributed by atoms with E-state index in [1.54, 1.807) is 0 Å². The van der Waals surface area contributed by atoms with Crippen molar-refractivity contribution in [3.8, 4) is 0 Å². The minimum absolute atomic E-state index is 0.160. The molecule has 5 heteroatoms. The van der Waals surface area contributed by atoms with Crippen LogP contribution in [0.3, 0.4) is 0 Å². The summed E-state index contributed by atoms with van der Waals surface area (Å²) in [5, 5.41) is 11.6. The van der Waals surface area contributed by atoms with Gasteiger partial charge in [0.05, 0.1) is 5.41 Å². The molecule has 1 saturated heterocycles. The number of ether oxygens (including phenoxy) is 1. The molecule has 1 aliphatic heterocycles. The first-order valence-corrected chi connectivity index (χ1v) is 5.77. The number of amides is 1. The van der Waals surface area contributed by atoms with Crippen molar-refractivity contribution in [2.75, 3.05) is 13.2 Å². The molecule has 1 saturated carbocycles. The second kappa shape index (κ2) is 4.41. The molecule has 1 atom stereocenters. The third-order valence-electron chi connectivity index (χ3n) is 3.38. The van der Waals surface area contributed by atoms with E-state index >= 15 is 0 Å². The molecule has 1 heterocycles. The lowest BCUT2D eigenvalue weighted by atomic mass is 10.1. The maximum atomic E-state index is 11.7. The van der Waals surface area contributed by atoms with Crippen LogP contribution in [0.4, 0.5) is 0 Å². The molecule has 0 spiro atoms. The number of nitrogens with one attached hydrogen (secondary N) is 1. The van der Waals surface area contributed by atoms with Gasteiger partial charge >= 0.3 is 5.97 Å². The smallest absolute Gasteiger partial charge is 0.311 e. The lowest BCUT2D eigenvalue weighted by Gasteiger charge is -2.22. The van der Waals surface area contributed by atoms with E-state index in [9.17, 15) is 9.59 Å². The van der Waals surface area contributed by atoms with Gasteiger partial charge in [0.1, 0.15) is 6.10 Å². The topological polar surface area (TPSA) is 75.6 Å². The third-order valence-corrected chi connectivity index (χ3v) is 3.38. The van der Waals surface area contributed by atoms with Crippen LogP contribution in [0.15, 0.2) is 0 Å². The molecular formula is C11H17NO4. The van der Waals surface area contributed by atoms with Crippen LogP contribution in [0.5, 0.6) is 0 Å². The Balaban J connectivity index is 1.77. The quantitative estimate of drug-likeness (QED) is 0.734. The van der Waals surface area contributed by atoms with Crippen LogP contribution in [0.1, 0.15) is 32.1 Å². The summed E-state index contributed by atoms with van der Waals surface area (Å²) < 4.78 is 5.33. The third kappa shape index (κ3) is 2.35. The monoisotopic (exact) mass is 227 g/mol. The van der Waals surface area contributed by atoms with Gasteiger partial charge in [0.2, 0.25) is 5.91 Å². The molecule has 1 aliphatic carbocycles. The number of carboxylic acids is 1. The van der Waals surface area contributed by atoms with E-state index in [-0.39, 0.29) is 18.6 Å². The molecule has 2 rings (SSSR count). The van der Waals surface area contributed by atoms with Gasteiger partial charge in [0.25, 0.3) is 0 Å². The predicted octanol–water partition coefficient (Wildman–Crippen LogP) is 0.536. The second-order valence-corrected chi connectivity index (χ2v) is 4.66. The highest BCUT2D eigenvalue weighted by Gasteiger charge is 2.50. The Hall–Kier alpha value is -1.10. The summed E-state index contributed by atoms with van der Waals surface area (Å²) in [6.45, 7) is 0.864. The van der Waals surface area contributed by atoms with Gasteiger partial charge in [-0.15, -0.1) is 0 Å². The van der Waals surface area contributed by atoms with Crippen LogP contribution >= 0.6 is 0 Å². The Labute approximate surface area is 94.2 Å². The summed E-state index contributed by atoms with van der Waals surface area (Å²) in [6.07, 6.45) is 3.69. The molecule has 0 radical (unpaired) electrons. The van der Waals surface area contributed by atoms with Gasteiger partial charge in [-0.1, -0.05) is 0 Å². The van der Waals surface area contributed by atoms with Crippen molar-refractivity contribution >= 4 is 11.9 Å². The average molecular weight is 227 g/mol. The molecule has 16 heavy (non-hydrogen) atoms. The van der Waals surface area contributed by atoms with Gasteiger partial charge in [-0.25, -0.2) is 0 Å². The lowest BCUT2D eigenvalue weighted by Crippen LogP contribution is -2.42. The fourth-order valence-electron chi connectivity index (χ4n) is 1.93. The average Bonchev–Trinajstić information content (AvgIpc) is 3.08. The van der Waals surface area contributed by atoms with Gasteiger partial charge in [-0.2, -0.15) is 0 Å². The highest BCUT2D eigenvalue weighted by atomic mass is 16.5. The Morgan fingerprint density at radius 2 is 2.12 bits per heavy atom. The van der Waals surface area contributed by atoms with Crippen molar-refractivity contribution < 1.29 is 19.4 Å². The Kier molecular flexibility index (Phi) is 3.14. The Morgan fingerprint density at radius 3 is 2.62 bits per heavy atom. The van der Waals surface area contributed by atoms with Crippen molar-refractivity contribution in [1.82, 2.24) is 5.32 Å². The van der Waals surface area contributed by atoms with Gasteiger partial charge in [0, 0.05) is 13.2 Å². The Bertz CT molecular complexity index is 292. The molecule has 0 bridgehead atoms. The summed E-state index contributed by atoms with van der Waals surface area (Å²) in [7, 11) is 0. The van der Waals surface area contributed by atoms with E-state index in [4.69, 9.17) is 9.84 Å². The zero-order valence-corrected chi connectivity index (χ0v) is 9.20. The minimum atomic E-state index is -0.808. The van der Waals surface area contributed by atoms with E-state index in [0.717, 1.165) is 19.3 Å². The number of rotatable bonds is 4. The van der Waals surface area contributed by atoms with E-state index in [1.807, 2.05) is 0 Å². The van der Waals surface area contributed by atoms with Gasteiger partial charge < -0.3 is 15.2 Å². The standard InChI is InChI=1S/C11H17NO4/c13-9(8-3-1-2-6-16-8)12-7-11(4-5-11)10(14)15/h8H,1-7H2,(H,12,13)(H,14,15).